The molecule has 0 radical (unpaired) electrons. The number of benzene rings is 1. The van der Waals surface area contributed by atoms with Crippen LogP contribution < -0.4 is 10.6 Å². The SMILES string of the molecule is CCN(CC)c1ccc(N)c(C(=O)O)c1. The number of aromatic carboxylic acids is 1. The van der Waals surface area contributed by atoms with E-state index in [1.807, 2.05) is 19.9 Å². The molecule has 15 heavy (non-hydrogen) atoms. The lowest BCUT2D eigenvalue weighted by Gasteiger charge is -2.21. The molecule has 0 aliphatic rings. The molecular weight excluding hydrogens is 192 g/mol. The first-order chi connectivity index (χ1) is 7.10. The number of nitrogen functional groups attached to an aromatic ring is 1. The first kappa shape index (κ1) is 11.4. The Kier molecular flexibility index (Phi) is 3.55. The molecule has 0 heterocycles. The number of anilines is 2. The van der Waals surface area contributed by atoms with Crippen LogP contribution in [0.5, 0.6) is 0 Å². The molecule has 0 aliphatic carbocycles. The normalized spacial score (nSPS) is 10.0. The maximum absolute atomic E-state index is 10.9. The number of carboxylic acid groups (broad SMARTS) is 1. The van der Waals surface area contributed by atoms with Gasteiger partial charge in [0.2, 0.25) is 0 Å². The van der Waals surface area contributed by atoms with Gasteiger partial charge >= 0.3 is 5.97 Å². The van der Waals surface area contributed by atoms with Gasteiger partial charge in [-0.3, -0.25) is 0 Å². The highest BCUT2D eigenvalue weighted by Crippen LogP contribution is 2.21. The van der Waals surface area contributed by atoms with Crippen LogP contribution in [0.15, 0.2) is 18.2 Å². The van der Waals surface area contributed by atoms with Crippen LogP contribution in [-0.4, -0.2) is 24.2 Å². The maximum Gasteiger partial charge on any atom is 0.337 e. The third-order valence-electron chi connectivity index (χ3n) is 2.40. The molecule has 82 valence electrons. The summed E-state index contributed by atoms with van der Waals surface area (Å²) < 4.78 is 0. The molecule has 0 aromatic heterocycles. The van der Waals surface area contributed by atoms with Gasteiger partial charge in [-0.15, -0.1) is 0 Å². The molecule has 4 nitrogen and oxygen atoms in total. The largest absolute Gasteiger partial charge is 0.478 e. The molecule has 0 fully saturated rings. The molecule has 0 bridgehead atoms. The average Bonchev–Trinajstić information content (AvgIpc) is 2.21. The van der Waals surface area contributed by atoms with E-state index in [2.05, 4.69) is 4.90 Å². The Morgan fingerprint density at radius 2 is 2.00 bits per heavy atom. The fraction of sp³-hybridized carbons (Fsp3) is 0.364. The highest BCUT2D eigenvalue weighted by Gasteiger charge is 2.10. The van der Waals surface area contributed by atoms with Gasteiger partial charge in [-0.05, 0) is 32.0 Å². The van der Waals surface area contributed by atoms with Gasteiger partial charge in [0.15, 0.2) is 0 Å². The molecule has 1 rings (SSSR count). The van der Waals surface area contributed by atoms with Crippen molar-refractivity contribution in [3.8, 4) is 0 Å². The van der Waals surface area contributed by atoms with Crippen molar-refractivity contribution >= 4 is 17.3 Å². The summed E-state index contributed by atoms with van der Waals surface area (Å²) in [5.41, 5.74) is 6.94. The van der Waals surface area contributed by atoms with E-state index in [0.717, 1.165) is 18.8 Å². The third-order valence-corrected chi connectivity index (χ3v) is 2.40. The van der Waals surface area contributed by atoms with Crippen LogP contribution in [0.25, 0.3) is 0 Å². The summed E-state index contributed by atoms with van der Waals surface area (Å²) in [5.74, 6) is -0.985. The van der Waals surface area contributed by atoms with Crippen LogP contribution >= 0.6 is 0 Å². The second-order valence-corrected chi connectivity index (χ2v) is 3.25. The van der Waals surface area contributed by atoms with Crippen molar-refractivity contribution < 1.29 is 9.90 Å². The predicted molar refractivity (Wildman–Crippen MR) is 61.4 cm³/mol. The minimum absolute atomic E-state index is 0.166. The molecule has 0 spiro atoms. The zero-order valence-electron chi connectivity index (χ0n) is 9.03. The van der Waals surface area contributed by atoms with E-state index >= 15 is 0 Å². The minimum Gasteiger partial charge on any atom is -0.478 e. The van der Waals surface area contributed by atoms with Gasteiger partial charge in [-0.1, -0.05) is 0 Å². The van der Waals surface area contributed by atoms with Crippen molar-refractivity contribution in [3.63, 3.8) is 0 Å². The van der Waals surface area contributed by atoms with Gasteiger partial charge in [0, 0.05) is 24.5 Å². The molecular formula is C11H16N2O2. The molecule has 0 saturated carbocycles. The summed E-state index contributed by atoms with van der Waals surface area (Å²) in [7, 11) is 0. The van der Waals surface area contributed by atoms with Gasteiger partial charge in [0.25, 0.3) is 0 Å². The van der Waals surface area contributed by atoms with E-state index in [0.29, 0.717) is 5.69 Å². The molecule has 0 aliphatic heterocycles. The first-order valence-corrected chi connectivity index (χ1v) is 4.97. The number of carboxylic acids is 1. The monoisotopic (exact) mass is 208 g/mol. The topological polar surface area (TPSA) is 66.6 Å². The summed E-state index contributed by atoms with van der Waals surface area (Å²) >= 11 is 0. The Hall–Kier alpha value is -1.71. The van der Waals surface area contributed by atoms with Crippen molar-refractivity contribution in [2.75, 3.05) is 23.7 Å². The van der Waals surface area contributed by atoms with Crippen LogP contribution in [0.2, 0.25) is 0 Å². The highest BCUT2D eigenvalue weighted by atomic mass is 16.4. The predicted octanol–water partition coefficient (Wildman–Crippen LogP) is 1.81. The van der Waals surface area contributed by atoms with E-state index in [1.54, 1.807) is 12.1 Å². The molecule has 0 unspecified atom stereocenters. The Labute approximate surface area is 89.3 Å². The van der Waals surface area contributed by atoms with Crippen LogP contribution in [-0.2, 0) is 0 Å². The lowest BCUT2D eigenvalue weighted by atomic mass is 10.1. The van der Waals surface area contributed by atoms with Gasteiger partial charge in [0.1, 0.15) is 0 Å². The van der Waals surface area contributed by atoms with Crippen molar-refractivity contribution in [2.45, 2.75) is 13.8 Å². The second-order valence-electron chi connectivity index (χ2n) is 3.25. The van der Waals surface area contributed by atoms with Gasteiger partial charge in [-0.2, -0.15) is 0 Å². The summed E-state index contributed by atoms with van der Waals surface area (Å²) in [5, 5.41) is 8.92. The number of nitrogens with zero attached hydrogens (tertiary/aromatic N) is 1. The average molecular weight is 208 g/mol. The number of nitrogens with two attached hydrogens (primary N) is 1. The smallest absolute Gasteiger partial charge is 0.337 e. The molecule has 0 atom stereocenters. The van der Waals surface area contributed by atoms with E-state index in [-0.39, 0.29) is 5.56 Å². The molecule has 1 aromatic rings. The fourth-order valence-corrected chi connectivity index (χ4v) is 1.51. The van der Waals surface area contributed by atoms with Crippen molar-refractivity contribution in [1.29, 1.82) is 0 Å². The van der Waals surface area contributed by atoms with Crippen LogP contribution in [0.3, 0.4) is 0 Å². The maximum atomic E-state index is 10.9. The summed E-state index contributed by atoms with van der Waals surface area (Å²) in [6.45, 7) is 5.75. The van der Waals surface area contributed by atoms with Crippen LogP contribution in [0.1, 0.15) is 24.2 Å². The van der Waals surface area contributed by atoms with Crippen LogP contribution in [0, 0.1) is 0 Å². The molecule has 4 heteroatoms. The Morgan fingerprint density at radius 1 is 1.40 bits per heavy atom. The van der Waals surface area contributed by atoms with Crippen LogP contribution in [0.4, 0.5) is 11.4 Å². The minimum atomic E-state index is -0.985. The van der Waals surface area contributed by atoms with Crippen molar-refractivity contribution in [2.24, 2.45) is 0 Å². The second kappa shape index (κ2) is 4.68. The lowest BCUT2D eigenvalue weighted by molar-refractivity contribution is 0.0698. The van der Waals surface area contributed by atoms with Gasteiger partial charge in [0.05, 0.1) is 5.56 Å². The van der Waals surface area contributed by atoms with Crippen molar-refractivity contribution in [1.82, 2.24) is 0 Å². The summed E-state index contributed by atoms with van der Waals surface area (Å²) in [4.78, 5) is 12.9. The first-order valence-electron chi connectivity index (χ1n) is 4.97. The quantitative estimate of drug-likeness (QED) is 0.740. The number of hydrogen-bond donors (Lipinski definition) is 2. The van der Waals surface area contributed by atoms with Gasteiger partial charge < -0.3 is 15.7 Å². The standard InChI is InChI=1S/C11H16N2O2/c1-3-13(4-2)8-5-6-10(12)9(7-8)11(14)15/h5-7H,3-4,12H2,1-2H3,(H,14,15). The van der Waals surface area contributed by atoms with Crippen molar-refractivity contribution in [3.05, 3.63) is 23.8 Å². The number of rotatable bonds is 4. The van der Waals surface area contributed by atoms with E-state index in [4.69, 9.17) is 10.8 Å². The third kappa shape index (κ3) is 2.40. The zero-order valence-corrected chi connectivity index (χ0v) is 9.03. The summed E-state index contributed by atoms with van der Waals surface area (Å²) in [6, 6.07) is 5.09. The van der Waals surface area contributed by atoms with E-state index in [9.17, 15) is 4.79 Å². The molecule has 3 N–H and O–H groups in total. The number of hydrogen-bond acceptors (Lipinski definition) is 3. The number of carbonyl (C=O) groups is 1. The Balaban J connectivity index is 3.11. The molecule has 1 aromatic carbocycles. The summed E-state index contributed by atoms with van der Waals surface area (Å²) in [6.07, 6.45) is 0. The van der Waals surface area contributed by atoms with E-state index < -0.39 is 5.97 Å². The highest BCUT2D eigenvalue weighted by molar-refractivity contribution is 5.94. The Morgan fingerprint density at radius 3 is 2.47 bits per heavy atom. The fourth-order valence-electron chi connectivity index (χ4n) is 1.51. The van der Waals surface area contributed by atoms with E-state index in [1.165, 1.54) is 0 Å². The molecule has 0 amide bonds. The van der Waals surface area contributed by atoms with Gasteiger partial charge in [-0.25, -0.2) is 4.79 Å². The zero-order chi connectivity index (χ0) is 11.4. The lowest BCUT2D eigenvalue weighted by Crippen LogP contribution is -2.22. The molecule has 0 saturated heterocycles. The Bertz CT molecular complexity index is 360.